The number of para-hydroxylation sites is 1. The second-order valence-corrected chi connectivity index (χ2v) is 8.16. The van der Waals surface area contributed by atoms with E-state index in [4.69, 9.17) is 18.6 Å². The summed E-state index contributed by atoms with van der Waals surface area (Å²) in [5, 5.41) is 1.02. The molecule has 1 fully saturated rings. The number of rotatable bonds is 8. The summed E-state index contributed by atoms with van der Waals surface area (Å²) in [6.07, 6.45) is 0.745. The first-order valence-corrected chi connectivity index (χ1v) is 11.4. The molecule has 1 aromatic heterocycles. The summed E-state index contributed by atoms with van der Waals surface area (Å²) in [6, 6.07) is 12.8. The van der Waals surface area contributed by atoms with E-state index in [-0.39, 0.29) is 18.4 Å². The van der Waals surface area contributed by atoms with E-state index in [9.17, 15) is 9.59 Å². The first-order valence-electron chi connectivity index (χ1n) is 11.4. The highest BCUT2D eigenvalue weighted by atomic mass is 16.5. The van der Waals surface area contributed by atoms with Crippen LogP contribution in [0.25, 0.3) is 11.0 Å². The van der Waals surface area contributed by atoms with Crippen molar-refractivity contribution in [1.29, 1.82) is 0 Å². The van der Waals surface area contributed by atoms with E-state index in [0.717, 1.165) is 28.7 Å². The molecule has 0 unspecified atom stereocenters. The third-order valence-corrected chi connectivity index (χ3v) is 5.97. The quantitative estimate of drug-likeness (QED) is 0.505. The van der Waals surface area contributed by atoms with Crippen LogP contribution in [0.5, 0.6) is 11.5 Å². The van der Waals surface area contributed by atoms with E-state index in [1.54, 1.807) is 35.0 Å². The zero-order valence-electron chi connectivity index (χ0n) is 19.8. The molecule has 8 heteroatoms. The molecule has 3 aromatic rings. The third-order valence-electron chi connectivity index (χ3n) is 5.97. The average Bonchev–Trinajstić information content (AvgIpc) is 3.24. The molecule has 4 rings (SSSR count). The molecule has 0 N–H and O–H groups in total. The molecule has 1 aliphatic rings. The Morgan fingerprint density at radius 1 is 1.09 bits per heavy atom. The lowest BCUT2D eigenvalue weighted by Crippen LogP contribution is -2.43. The van der Waals surface area contributed by atoms with Crippen LogP contribution in [0.2, 0.25) is 0 Å². The summed E-state index contributed by atoms with van der Waals surface area (Å²) < 4.78 is 22.4. The third kappa shape index (κ3) is 5.02. The summed E-state index contributed by atoms with van der Waals surface area (Å²) >= 11 is 0. The predicted molar refractivity (Wildman–Crippen MR) is 127 cm³/mol. The van der Waals surface area contributed by atoms with Gasteiger partial charge >= 0.3 is 0 Å². The number of amides is 2. The Balaban J connectivity index is 1.45. The van der Waals surface area contributed by atoms with Crippen molar-refractivity contribution in [2.75, 3.05) is 47.1 Å². The van der Waals surface area contributed by atoms with Crippen molar-refractivity contribution < 1.29 is 28.2 Å². The van der Waals surface area contributed by atoms with Crippen LogP contribution >= 0.6 is 0 Å². The lowest BCUT2D eigenvalue weighted by molar-refractivity contribution is -0.137. The van der Waals surface area contributed by atoms with Crippen LogP contribution in [-0.2, 0) is 22.5 Å². The van der Waals surface area contributed by atoms with Gasteiger partial charge in [-0.2, -0.15) is 0 Å². The molecule has 2 heterocycles. The number of hydrogen-bond acceptors (Lipinski definition) is 6. The van der Waals surface area contributed by atoms with Gasteiger partial charge in [-0.1, -0.05) is 25.1 Å². The molecule has 8 nitrogen and oxygen atoms in total. The molecule has 180 valence electrons. The van der Waals surface area contributed by atoms with Crippen LogP contribution in [0.3, 0.4) is 0 Å². The topological polar surface area (TPSA) is 81.5 Å². The van der Waals surface area contributed by atoms with E-state index in [0.29, 0.717) is 49.9 Å². The zero-order chi connectivity index (χ0) is 24.1. The lowest BCUT2D eigenvalue weighted by Gasteiger charge is -2.26. The Hall–Kier alpha value is -3.52. The first kappa shape index (κ1) is 23.6. The number of carbonyl (C=O) groups is 2. The van der Waals surface area contributed by atoms with Crippen molar-refractivity contribution >= 4 is 22.8 Å². The average molecular weight is 467 g/mol. The number of aryl methyl sites for hydroxylation is 1. The smallest absolute Gasteiger partial charge is 0.260 e. The van der Waals surface area contributed by atoms with Gasteiger partial charge in [-0.05, 0) is 24.3 Å². The molecule has 0 bridgehead atoms. The summed E-state index contributed by atoms with van der Waals surface area (Å²) in [5.41, 5.74) is 2.31. The van der Waals surface area contributed by atoms with Crippen molar-refractivity contribution in [1.82, 2.24) is 9.80 Å². The predicted octanol–water partition coefficient (Wildman–Crippen LogP) is 3.51. The number of methoxy groups -OCH3 is 1. The van der Waals surface area contributed by atoms with E-state index in [1.807, 2.05) is 31.2 Å². The Labute approximate surface area is 199 Å². The van der Waals surface area contributed by atoms with Crippen molar-refractivity contribution in [3.05, 3.63) is 59.4 Å². The zero-order valence-corrected chi connectivity index (χ0v) is 19.8. The van der Waals surface area contributed by atoms with E-state index >= 15 is 0 Å². The van der Waals surface area contributed by atoms with Gasteiger partial charge in [0, 0.05) is 49.6 Å². The molecule has 0 spiro atoms. The van der Waals surface area contributed by atoms with Gasteiger partial charge < -0.3 is 28.4 Å². The van der Waals surface area contributed by atoms with E-state index in [2.05, 4.69) is 0 Å². The highest BCUT2D eigenvalue weighted by Crippen LogP contribution is 2.30. The van der Waals surface area contributed by atoms with Crippen LogP contribution in [0, 0.1) is 0 Å². The fourth-order valence-corrected chi connectivity index (χ4v) is 4.10. The molecule has 2 aromatic carbocycles. The van der Waals surface area contributed by atoms with Gasteiger partial charge in [0.15, 0.2) is 18.1 Å². The maximum Gasteiger partial charge on any atom is 0.260 e. The molecule has 1 aliphatic heterocycles. The van der Waals surface area contributed by atoms with Gasteiger partial charge in [-0.25, -0.2) is 0 Å². The van der Waals surface area contributed by atoms with Gasteiger partial charge in [-0.15, -0.1) is 0 Å². The summed E-state index contributed by atoms with van der Waals surface area (Å²) in [5.74, 6) is 1.44. The van der Waals surface area contributed by atoms with Gasteiger partial charge in [0.1, 0.15) is 11.3 Å². The van der Waals surface area contributed by atoms with E-state index < -0.39 is 0 Å². The molecule has 0 atom stereocenters. The fourth-order valence-electron chi connectivity index (χ4n) is 4.10. The lowest BCUT2D eigenvalue weighted by atomic mass is 10.1. The van der Waals surface area contributed by atoms with Crippen LogP contribution in [-0.4, -0.2) is 68.7 Å². The Bertz CT molecular complexity index is 1170. The standard InChI is InChI=1S/C26H30N2O6/c1-4-21-20(19-7-5-6-8-22(19)34-21)16-27(2)26(30)18-9-10-23(24(15-18)31-3)33-17-25(29)28-11-13-32-14-12-28/h5-10,15H,4,11-14,16-17H2,1-3H3. The SMILES string of the molecule is CCc1oc2ccccc2c1CN(C)C(=O)c1ccc(OCC(=O)N2CCOCC2)c(OC)c1. The van der Waals surface area contributed by atoms with Crippen LogP contribution in [0.1, 0.15) is 28.6 Å². The Morgan fingerprint density at radius 2 is 1.85 bits per heavy atom. The van der Waals surface area contributed by atoms with Crippen LogP contribution < -0.4 is 9.47 Å². The summed E-state index contributed by atoms with van der Waals surface area (Å²) in [7, 11) is 3.27. The van der Waals surface area contributed by atoms with Crippen molar-refractivity contribution in [3.63, 3.8) is 0 Å². The van der Waals surface area contributed by atoms with Gasteiger partial charge in [0.05, 0.1) is 20.3 Å². The summed E-state index contributed by atoms with van der Waals surface area (Å²) in [6.45, 7) is 4.55. The number of morpholine rings is 1. The number of hydrogen-bond donors (Lipinski definition) is 0. The molecular weight excluding hydrogens is 436 g/mol. The number of fused-ring (bicyclic) bond motifs is 1. The van der Waals surface area contributed by atoms with Crippen molar-refractivity contribution in [2.45, 2.75) is 19.9 Å². The van der Waals surface area contributed by atoms with Crippen LogP contribution in [0.4, 0.5) is 0 Å². The number of benzene rings is 2. The maximum atomic E-state index is 13.2. The molecular formula is C26H30N2O6. The molecule has 0 radical (unpaired) electrons. The molecule has 0 saturated carbocycles. The highest BCUT2D eigenvalue weighted by molar-refractivity contribution is 5.95. The minimum atomic E-state index is -0.151. The second kappa shape index (κ2) is 10.6. The molecule has 34 heavy (non-hydrogen) atoms. The fraction of sp³-hybridized carbons (Fsp3) is 0.385. The van der Waals surface area contributed by atoms with Crippen molar-refractivity contribution in [3.8, 4) is 11.5 Å². The number of carbonyl (C=O) groups excluding carboxylic acids is 2. The highest BCUT2D eigenvalue weighted by Gasteiger charge is 2.21. The normalized spacial score (nSPS) is 13.7. The monoisotopic (exact) mass is 466 g/mol. The number of ether oxygens (including phenoxy) is 3. The molecule has 0 aliphatic carbocycles. The number of furan rings is 1. The van der Waals surface area contributed by atoms with Crippen molar-refractivity contribution in [2.24, 2.45) is 0 Å². The minimum Gasteiger partial charge on any atom is -0.493 e. The summed E-state index contributed by atoms with van der Waals surface area (Å²) in [4.78, 5) is 28.9. The van der Waals surface area contributed by atoms with Crippen LogP contribution in [0.15, 0.2) is 46.9 Å². The molecule has 1 saturated heterocycles. The number of nitrogens with zero attached hydrogens (tertiary/aromatic N) is 2. The van der Waals surface area contributed by atoms with Gasteiger partial charge in [0.25, 0.3) is 11.8 Å². The Morgan fingerprint density at radius 3 is 2.59 bits per heavy atom. The largest absolute Gasteiger partial charge is 0.493 e. The second-order valence-electron chi connectivity index (χ2n) is 8.16. The maximum absolute atomic E-state index is 13.2. The Kier molecular flexibility index (Phi) is 7.37. The van der Waals surface area contributed by atoms with Gasteiger partial charge in [0.2, 0.25) is 0 Å². The minimum absolute atomic E-state index is 0.100. The van der Waals surface area contributed by atoms with E-state index in [1.165, 1.54) is 7.11 Å². The molecule has 2 amide bonds. The van der Waals surface area contributed by atoms with Gasteiger partial charge in [-0.3, -0.25) is 9.59 Å². The first-order chi connectivity index (χ1) is 16.5.